The lowest BCUT2D eigenvalue weighted by Gasteiger charge is -2.24. The van der Waals surface area contributed by atoms with E-state index in [1.165, 1.54) is 4.90 Å². The fourth-order valence-corrected chi connectivity index (χ4v) is 2.80. The van der Waals surface area contributed by atoms with E-state index in [2.05, 4.69) is 14.5 Å². The molecule has 0 radical (unpaired) electrons. The van der Waals surface area contributed by atoms with E-state index >= 15 is 0 Å². The van der Waals surface area contributed by atoms with Crippen LogP contribution in [0.2, 0.25) is 0 Å². The second kappa shape index (κ2) is 7.58. The number of carbonyl (C=O) groups excluding carboxylic acids is 1. The molecule has 0 saturated heterocycles. The fraction of sp³-hybridized carbons (Fsp3) is 0.571. The molecule has 0 aromatic carbocycles. The maximum absolute atomic E-state index is 12.3. The Balaban J connectivity index is 2.07. The van der Waals surface area contributed by atoms with E-state index in [1.54, 1.807) is 20.8 Å². The maximum atomic E-state index is 12.3. The van der Waals surface area contributed by atoms with E-state index in [-0.39, 0.29) is 18.8 Å². The molecule has 1 aliphatic heterocycles. The highest BCUT2D eigenvalue weighted by Crippen LogP contribution is 2.17. The standard InChI is InChI=1S/C14H20F2N6O4S/c1-14(2,3)26-13(23)21-5-9(10(17)6-21)4-19-27(24,25)12-18-8-22(20-12)7-11(15)16/h4,8,11H,5-7,17H2,1-3H3/b19-4+. The van der Waals surface area contributed by atoms with Crippen molar-refractivity contribution < 1.29 is 26.7 Å². The summed E-state index contributed by atoms with van der Waals surface area (Å²) >= 11 is 0. The van der Waals surface area contributed by atoms with Crippen molar-refractivity contribution in [2.75, 3.05) is 13.1 Å². The third-order valence-corrected chi connectivity index (χ3v) is 4.24. The summed E-state index contributed by atoms with van der Waals surface area (Å²) < 4.78 is 58.2. The molecule has 1 aromatic rings. The number of sulfonamides is 1. The van der Waals surface area contributed by atoms with Gasteiger partial charge in [0.2, 0.25) is 0 Å². The molecule has 27 heavy (non-hydrogen) atoms. The minimum atomic E-state index is -4.30. The number of alkyl halides is 2. The molecule has 13 heteroatoms. The Morgan fingerprint density at radius 2 is 2.11 bits per heavy atom. The number of amides is 1. The van der Waals surface area contributed by atoms with E-state index in [0.29, 0.717) is 10.3 Å². The van der Waals surface area contributed by atoms with Gasteiger partial charge in [0.25, 0.3) is 11.6 Å². The lowest BCUT2D eigenvalue weighted by molar-refractivity contribution is 0.0300. The van der Waals surface area contributed by atoms with E-state index in [4.69, 9.17) is 10.5 Å². The summed E-state index contributed by atoms with van der Waals surface area (Å²) in [6.45, 7) is 4.45. The minimum absolute atomic E-state index is 0.0209. The first-order chi connectivity index (χ1) is 12.4. The molecule has 0 saturated carbocycles. The highest BCUT2D eigenvalue weighted by molar-refractivity contribution is 7.90. The zero-order chi connectivity index (χ0) is 20.4. The third kappa shape index (κ3) is 5.70. The Bertz CT molecular complexity index is 872. The molecular weight excluding hydrogens is 386 g/mol. The summed E-state index contributed by atoms with van der Waals surface area (Å²) in [5.74, 6) is 0. The molecular formula is C14H20F2N6O4S. The number of halogens is 2. The van der Waals surface area contributed by atoms with Gasteiger partial charge in [-0.1, -0.05) is 0 Å². The molecule has 2 heterocycles. The monoisotopic (exact) mass is 406 g/mol. The van der Waals surface area contributed by atoms with E-state index < -0.39 is 39.8 Å². The normalized spacial score (nSPS) is 16.0. The van der Waals surface area contributed by atoms with Crippen LogP contribution in [-0.2, 0) is 21.3 Å². The van der Waals surface area contributed by atoms with Crippen molar-refractivity contribution in [1.82, 2.24) is 19.7 Å². The molecule has 0 aliphatic carbocycles. The summed E-state index contributed by atoms with van der Waals surface area (Å²) in [6.07, 6.45) is -1.43. The molecule has 0 spiro atoms. The van der Waals surface area contributed by atoms with Crippen molar-refractivity contribution in [2.24, 2.45) is 10.1 Å². The third-order valence-electron chi connectivity index (χ3n) is 3.21. The molecule has 1 aromatic heterocycles. The van der Waals surface area contributed by atoms with Gasteiger partial charge in [0, 0.05) is 17.5 Å². The summed E-state index contributed by atoms with van der Waals surface area (Å²) in [5.41, 5.74) is 5.71. The Kier molecular flexibility index (Phi) is 5.82. The number of aromatic nitrogens is 3. The molecule has 2 N–H and O–H groups in total. The zero-order valence-corrected chi connectivity index (χ0v) is 15.8. The van der Waals surface area contributed by atoms with Gasteiger partial charge in [-0.15, -0.1) is 5.10 Å². The van der Waals surface area contributed by atoms with Gasteiger partial charge in [-0.3, -0.25) is 4.90 Å². The molecule has 1 aliphatic rings. The van der Waals surface area contributed by atoms with Crippen LogP contribution in [0.15, 0.2) is 27.2 Å². The summed E-state index contributed by atoms with van der Waals surface area (Å²) in [4.78, 5) is 16.8. The lowest BCUT2D eigenvalue weighted by atomic mass is 10.2. The first-order valence-electron chi connectivity index (χ1n) is 7.81. The van der Waals surface area contributed by atoms with Crippen LogP contribution in [0.5, 0.6) is 0 Å². The van der Waals surface area contributed by atoms with Crippen molar-refractivity contribution >= 4 is 22.3 Å². The number of carbonyl (C=O) groups is 1. The van der Waals surface area contributed by atoms with Crippen molar-refractivity contribution in [3.8, 4) is 0 Å². The van der Waals surface area contributed by atoms with E-state index in [9.17, 15) is 22.0 Å². The van der Waals surface area contributed by atoms with Crippen molar-refractivity contribution in [2.45, 2.75) is 44.5 Å². The quantitative estimate of drug-likeness (QED) is 0.714. The summed E-state index contributed by atoms with van der Waals surface area (Å²) in [7, 11) is -4.30. The van der Waals surface area contributed by atoms with Crippen molar-refractivity contribution in [1.29, 1.82) is 0 Å². The van der Waals surface area contributed by atoms with Gasteiger partial charge in [0.05, 0.1) is 13.1 Å². The van der Waals surface area contributed by atoms with Gasteiger partial charge in [-0.25, -0.2) is 23.2 Å². The Morgan fingerprint density at radius 3 is 2.70 bits per heavy atom. The maximum Gasteiger partial charge on any atom is 0.410 e. The van der Waals surface area contributed by atoms with E-state index in [0.717, 1.165) is 12.5 Å². The first-order valence-corrected chi connectivity index (χ1v) is 9.25. The van der Waals surface area contributed by atoms with Gasteiger partial charge in [0.1, 0.15) is 18.5 Å². The van der Waals surface area contributed by atoms with Gasteiger partial charge >= 0.3 is 16.1 Å². The highest BCUT2D eigenvalue weighted by Gasteiger charge is 2.28. The average molecular weight is 406 g/mol. The smallest absolute Gasteiger partial charge is 0.410 e. The van der Waals surface area contributed by atoms with Crippen molar-refractivity contribution in [3.05, 3.63) is 17.6 Å². The molecule has 0 unspecified atom stereocenters. The van der Waals surface area contributed by atoms with Crippen LogP contribution in [0.3, 0.4) is 0 Å². The predicted octanol–water partition coefficient (Wildman–Crippen LogP) is 0.766. The topological polar surface area (TPSA) is 133 Å². The molecule has 0 atom stereocenters. The molecule has 0 fully saturated rings. The van der Waals surface area contributed by atoms with Crippen LogP contribution >= 0.6 is 0 Å². The van der Waals surface area contributed by atoms with Crippen LogP contribution in [0.4, 0.5) is 13.6 Å². The number of rotatable bonds is 5. The molecule has 10 nitrogen and oxygen atoms in total. The second-order valence-electron chi connectivity index (χ2n) is 6.74. The Hall–Kier alpha value is -2.57. The SMILES string of the molecule is CC(C)(C)OC(=O)N1CC(N)=C(/C=N/S(=O)(=O)c2ncn(CC(F)F)n2)C1. The van der Waals surface area contributed by atoms with Crippen LogP contribution in [0, 0.1) is 0 Å². The van der Waals surface area contributed by atoms with E-state index in [1.807, 2.05) is 0 Å². The largest absolute Gasteiger partial charge is 0.444 e. The number of hydrogen-bond acceptors (Lipinski definition) is 7. The summed E-state index contributed by atoms with van der Waals surface area (Å²) in [5, 5.41) is 2.75. The minimum Gasteiger partial charge on any atom is -0.444 e. The fourth-order valence-electron chi connectivity index (χ4n) is 2.05. The van der Waals surface area contributed by atoms with Gasteiger partial charge in [0.15, 0.2) is 0 Å². The van der Waals surface area contributed by atoms with Crippen LogP contribution in [0.25, 0.3) is 0 Å². The average Bonchev–Trinajstić information content (AvgIpc) is 3.10. The molecule has 0 bridgehead atoms. The number of nitrogens with zero attached hydrogens (tertiary/aromatic N) is 5. The van der Waals surface area contributed by atoms with Gasteiger partial charge in [-0.05, 0) is 20.8 Å². The molecule has 1 amide bonds. The molecule has 150 valence electrons. The number of hydrogen-bond donors (Lipinski definition) is 1. The Labute approximate surface area is 154 Å². The second-order valence-corrected chi connectivity index (χ2v) is 8.26. The van der Waals surface area contributed by atoms with Gasteiger partial charge < -0.3 is 10.5 Å². The summed E-state index contributed by atoms with van der Waals surface area (Å²) in [6, 6.07) is 0. The van der Waals surface area contributed by atoms with Crippen LogP contribution < -0.4 is 5.73 Å². The predicted molar refractivity (Wildman–Crippen MR) is 90.7 cm³/mol. The van der Waals surface area contributed by atoms with Gasteiger partial charge in [-0.2, -0.15) is 12.8 Å². The number of nitrogens with two attached hydrogens (primary N) is 1. The van der Waals surface area contributed by atoms with Crippen LogP contribution in [0.1, 0.15) is 20.8 Å². The number of ether oxygens (including phenoxy) is 1. The zero-order valence-electron chi connectivity index (χ0n) is 15.0. The first kappa shape index (κ1) is 20.7. The van der Waals surface area contributed by atoms with Crippen molar-refractivity contribution in [3.63, 3.8) is 0 Å². The molecule has 2 rings (SSSR count). The highest BCUT2D eigenvalue weighted by atomic mass is 32.2. The van der Waals surface area contributed by atoms with Crippen LogP contribution in [-0.4, -0.2) is 65.5 Å². The Morgan fingerprint density at radius 1 is 1.44 bits per heavy atom. The lowest BCUT2D eigenvalue weighted by Crippen LogP contribution is -2.36.